The summed E-state index contributed by atoms with van der Waals surface area (Å²) in [7, 11) is 0. The minimum absolute atomic E-state index is 0.333. The van der Waals surface area contributed by atoms with Crippen molar-refractivity contribution >= 4 is 0 Å². The minimum atomic E-state index is -1.14. The lowest BCUT2D eigenvalue weighted by molar-refractivity contribution is -0.169. The number of fused-ring (bicyclic) bond motifs is 1. The van der Waals surface area contributed by atoms with Crippen molar-refractivity contribution in [3.05, 3.63) is 0 Å². The molecule has 0 radical (unpaired) electrons. The molecule has 5 atom stereocenters. The number of hydrogen-bond acceptors (Lipinski definition) is 5. The van der Waals surface area contributed by atoms with E-state index >= 15 is 0 Å². The molecule has 0 unspecified atom stereocenters. The maximum absolute atomic E-state index is 9.70. The van der Waals surface area contributed by atoms with Gasteiger partial charge in [-0.2, -0.15) is 0 Å². The summed E-state index contributed by atoms with van der Waals surface area (Å²) in [4.78, 5) is 1.86. The molecule has 82 valence electrons. The highest BCUT2D eigenvalue weighted by atomic mass is 16.4. The van der Waals surface area contributed by atoms with Gasteiger partial charge in [-0.25, -0.2) is 0 Å². The normalized spacial score (nSPS) is 50.1. The first kappa shape index (κ1) is 10.3. The minimum Gasteiger partial charge on any atom is -0.391 e. The zero-order chi connectivity index (χ0) is 10.3. The molecule has 2 aliphatic rings. The fraction of sp³-hybridized carbons (Fsp3) is 1.00. The van der Waals surface area contributed by atoms with Gasteiger partial charge in [0.25, 0.3) is 0 Å². The molecule has 2 saturated heterocycles. The Morgan fingerprint density at radius 1 is 0.929 bits per heavy atom. The second-order valence-electron chi connectivity index (χ2n) is 4.24. The van der Waals surface area contributed by atoms with Gasteiger partial charge in [-0.15, -0.1) is 0 Å². The predicted molar refractivity (Wildman–Crippen MR) is 48.6 cm³/mol. The van der Waals surface area contributed by atoms with Crippen LogP contribution >= 0.6 is 0 Å². The van der Waals surface area contributed by atoms with Gasteiger partial charge in [-0.3, -0.25) is 4.90 Å². The lowest BCUT2D eigenvalue weighted by Crippen LogP contribution is -2.66. The van der Waals surface area contributed by atoms with Crippen molar-refractivity contribution in [1.82, 2.24) is 4.90 Å². The Morgan fingerprint density at radius 2 is 1.64 bits per heavy atom. The molecule has 0 aromatic heterocycles. The predicted octanol–water partition coefficient (Wildman–Crippen LogP) is -2.09. The van der Waals surface area contributed by atoms with Gasteiger partial charge in [0.15, 0.2) is 0 Å². The Morgan fingerprint density at radius 3 is 2.36 bits per heavy atom. The first-order valence-corrected chi connectivity index (χ1v) is 5.07. The summed E-state index contributed by atoms with van der Waals surface area (Å²) in [5.74, 6) is 0. The van der Waals surface area contributed by atoms with Crippen molar-refractivity contribution in [3.63, 3.8) is 0 Å². The largest absolute Gasteiger partial charge is 0.391 e. The highest BCUT2D eigenvalue weighted by Gasteiger charge is 2.45. The van der Waals surface area contributed by atoms with E-state index in [0.717, 1.165) is 13.0 Å². The van der Waals surface area contributed by atoms with Gasteiger partial charge in [-0.1, -0.05) is 0 Å². The lowest BCUT2D eigenvalue weighted by atomic mass is 9.86. The zero-order valence-corrected chi connectivity index (χ0v) is 7.95. The third-order valence-corrected chi connectivity index (χ3v) is 3.28. The number of nitrogens with zero attached hydrogens (tertiary/aromatic N) is 1. The van der Waals surface area contributed by atoms with Crippen LogP contribution < -0.4 is 0 Å². The Bertz CT molecular complexity index is 211. The van der Waals surface area contributed by atoms with Gasteiger partial charge in [0.1, 0.15) is 12.2 Å². The molecule has 5 heteroatoms. The molecule has 0 saturated carbocycles. The van der Waals surface area contributed by atoms with E-state index in [1.165, 1.54) is 0 Å². The molecule has 0 aromatic rings. The van der Waals surface area contributed by atoms with E-state index in [-0.39, 0.29) is 0 Å². The third-order valence-electron chi connectivity index (χ3n) is 3.28. The molecule has 0 bridgehead atoms. The molecule has 14 heavy (non-hydrogen) atoms. The summed E-state index contributed by atoms with van der Waals surface area (Å²) in [6.45, 7) is 1.10. The maximum atomic E-state index is 9.70. The van der Waals surface area contributed by atoms with Crippen LogP contribution in [-0.4, -0.2) is 68.9 Å². The molecule has 2 aliphatic heterocycles. The summed E-state index contributed by atoms with van der Waals surface area (Å²) in [5, 5.41) is 38.3. The summed E-state index contributed by atoms with van der Waals surface area (Å²) >= 11 is 0. The van der Waals surface area contributed by atoms with Gasteiger partial charge >= 0.3 is 0 Å². The fourth-order valence-corrected chi connectivity index (χ4v) is 2.50. The molecule has 2 heterocycles. The highest BCUT2D eigenvalue weighted by molar-refractivity contribution is 4.99. The van der Waals surface area contributed by atoms with Crippen molar-refractivity contribution < 1.29 is 20.4 Å². The van der Waals surface area contributed by atoms with Crippen LogP contribution in [0.1, 0.15) is 12.8 Å². The summed E-state index contributed by atoms with van der Waals surface area (Å²) in [6, 6.07) is -0.415. The third kappa shape index (κ3) is 1.55. The van der Waals surface area contributed by atoms with Crippen molar-refractivity contribution in [2.75, 3.05) is 13.1 Å². The van der Waals surface area contributed by atoms with Crippen LogP contribution in [0.5, 0.6) is 0 Å². The smallest absolute Gasteiger partial charge is 0.109 e. The maximum Gasteiger partial charge on any atom is 0.109 e. The average molecular weight is 203 g/mol. The molecule has 0 amide bonds. The van der Waals surface area contributed by atoms with E-state index < -0.39 is 30.5 Å². The molecule has 0 aromatic carbocycles. The van der Waals surface area contributed by atoms with Crippen molar-refractivity contribution in [2.24, 2.45) is 0 Å². The van der Waals surface area contributed by atoms with E-state index in [4.69, 9.17) is 0 Å². The number of rotatable bonds is 0. The Balaban J connectivity index is 2.14. The van der Waals surface area contributed by atoms with Crippen LogP contribution in [0.15, 0.2) is 0 Å². The van der Waals surface area contributed by atoms with Crippen LogP contribution in [0.4, 0.5) is 0 Å². The zero-order valence-electron chi connectivity index (χ0n) is 7.95. The second kappa shape index (κ2) is 3.75. The van der Waals surface area contributed by atoms with Gasteiger partial charge in [0.2, 0.25) is 0 Å². The fourth-order valence-electron chi connectivity index (χ4n) is 2.50. The summed E-state index contributed by atoms with van der Waals surface area (Å²) < 4.78 is 0. The second-order valence-corrected chi connectivity index (χ2v) is 4.24. The Labute approximate surface area is 82.6 Å². The monoisotopic (exact) mass is 203 g/mol. The van der Waals surface area contributed by atoms with E-state index in [2.05, 4.69) is 0 Å². The first-order chi connectivity index (χ1) is 6.61. The van der Waals surface area contributed by atoms with Crippen LogP contribution in [-0.2, 0) is 0 Å². The van der Waals surface area contributed by atoms with Gasteiger partial charge in [0, 0.05) is 6.54 Å². The van der Waals surface area contributed by atoms with Gasteiger partial charge < -0.3 is 20.4 Å². The highest BCUT2D eigenvalue weighted by Crippen LogP contribution is 2.27. The van der Waals surface area contributed by atoms with Crippen molar-refractivity contribution in [3.8, 4) is 0 Å². The molecule has 2 rings (SSSR count). The number of aliphatic hydroxyl groups is 4. The van der Waals surface area contributed by atoms with Crippen LogP contribution in [0.3, 0.4) is 0 Å². The molecule has 5 nitrogen and oxygen atoms in total. The van der Waals surface area contributed by atoms with Gasteiger partial charge in [-0.05, 0) is 19.4 Å². The molecule has 4 N–H and O–H groups in total. The summed E-state index contributed by atoms with van der Waals surface area (Å²) in [5.41, 5.74) is 0. The Hall–Kier alpha value is -0.200. The number of hydrogen-bond donors (Lipinski definition) is 4. The van der Waals surface area contributed by atoms with Crippen molar-refractivity contribution in [1.29, 1.82) is 0 Å². The first-order valence-electron chi connectivity index (χ1n) is 5.07. The SMILES string of the molecule is O[C@H]1[C@H](O)[C@@H](O)CN2CCC[C@H](O)[C@@H]12. The summed E-state index contributed by atoms with van der Waals surface area (Å²) in [6.07, 6.45) is -2.17. The number of piperidine rings is 2. The van der Waals surface area contributed by atoms with Crippen molar-refractivity contribution in [2.45, 2.75) is 43.3 Å². The molecule has 0 spiro atoms. The average Bonchev–Trinajstić information content (AvgIpc) is 2.14. The van der Waals surface area contributed by atoms with E-state index in [1.807, 2.05) is 4.90 Å². The van der Waals surface area contributed by atoms with E-state index in [9.17, 15) is 20.4 Å². The quantitative estimate of drug-likeness (QED) is 0.363. The topological polar surface area (TPSA) is 84.2 Å². The molecule has 0 aliphatic carbocycles. The van der Waals surface area contributed by atoms with Crippen LogP contribution in [0.2, 0.25) is 0 Å². The lowest BCUT2D eigenvalue weighted by Gasteiger charge is -2.48. The van der Waals surface area contributed by atoms with E-state index in [0.29, 0.717) is 13.0 Å². The standard InChI is InChI=1S/C9H17NO4/c11-5-2-1-3-10-4-6(12)8(13)9(14)7(5)10/h5-9,11-14H,1-4H2/t5-,6-,7-,8+,9+/m0/s1. The van der Waals surface area contributed by atoms with Crippen LogP contribution in [0.25, 0.3) is 0 Å². The van der Waals surface area contributed by atoms with Gasteiger partial charge in [0.05, 0.1) is 18.2 Å². The molecular formula is C9H17NO4. The van der Waals surface area contributed by atoms with Crippen LogP contribution in [0, 0.1) is 0 Å². The molecule has 2 fully saturated rings. The Kier molecular flexibility index (Phi) is 2.77. The van der Waals surface area contributed by atoms with E-state index in [1.54, 1.807) is 0 Å². The number of aliphatic hydroxyl groups excluding tert-OH is 4. The molecular weight excluding hydrogens is 186 g/mol.